The first kappa shape index (κ1) is 32.4. The second-order valence-corrected chi connectivity index (χ2v) is 14.3. The second-order valence-electron chi connectivity index (χ2n) is 14.3. The van der Waals surface area contributed by atoms with Gasteiger partial charge in [-0.15, -0.1) is 0 Å². The van der Waals surface area contributed by atoms with Gasteiger partial charge in [0.25, 0.3) is 5.91 Å². The fraction of sp³-hybridized carbons (Fsp3) is 0.568. The van der Waals surface area contributed by atoms with E-state index in [1.807, 2.05) is 41.0 Å². The number of rotatable bonds is 6. The normalized spacial score (nSPS) is 21.1. The number of hydrogen-bond donors (Lipinski definition) is 2. The highest BCUT2D eigenvalue weighted by atomic mass is 16.6. The van der Waals surface area contributed by atoms with Gasteiger partial charge in [-0.3, -0.25) is 4.79 Å². The van der Waals surface area contributed by atoms with Crippen LogP contribution in [-0.2, 0) is 22.4 Å². The SMILES string of the molecule is Cc1cc(C[C@@H](OC(=O)N2CCC(N3CCc4ccccc4NC3=O)CC2)C(=O)N2CCC(C3CCN(C)CC3)CC2)cc2nc[nH]c12. The van der Waals surface area contributed by atoms with Gasteiger partial charge in [-0.2, -0.15) is 0 Å². The van der Waals surface area contributed by atoms with Crippen molar-refractivity contribution in [1.82, 2.24) is 29.6 Å². The zero-order valence-electron chi connectivity index (χ0n) is 28.3. The molecule has 1 atom stereocenters. The number of ether oxygens (including phenoxy) is 1. The molecule has 0 unspecified atom stereocenters. The van der Waals surface area contributed by atoms with Crippen molar-refractivity contribution in [2.24, 2.45) is 11.8 Å². The van der Waals surface area contributed by atoms with Gasteiger partial charge in [0.15, 0.2) is 6.10 Å². The topological polar surface area (TPSA) is 114 Å². The van der Waals surface area contributed by atoms with E-state index in [9.17, 15) is 14.4 Å². The summed E-state index contributed by atoms with van der Waals surface area (Å²) in [4.78, 5) is 56.5. The number of nitrogens with one attached hydrogen (secondary N) is 2. The van der Waals surface area contributed by atoms with Crippen LogP contribution in [0.4, 0.5) is 15.3 Å². The van der Waals surface area contributed by atoms with Crippen molar-refractivity contribution in [1.29, 1.82) is 0 Å². The Labute approximate surface area is 283 Å². The van der Waals surface area contributed by atoms with Gasteiger partial charge in [0.1, 0.15) is 0 Å². The van der Waals surface area contributed by atoms with Crippen molar-refractivity contribution in [2.75, 3.05) is 58.2 Å². The maximum Gasteiger partial charge on any atom is 0.410 e. The molecule has 4 amide bonds. The summed E-state index contributed by atoms with van der Waals surface area (Å²) in [5.74, 6) is 1.27. The zero-order valence-corrected chi connectivity index (χ0v) is 28.3. The zero-order chi connectivity index (χ0) is 33.2. The third-order valence-corrected chi connectivity index (χ3v) is 11.3. The summed E-state index contributed by atoms with van der Waals surface area (Å²) >= 11 is 0. The second kappa shape index (κ2) is 14.2. The average molecular weight is 656 g/mol. The van der Waals surface area contributed by atoms with Gasteiger partial charge in [0, 0.05) is 50.9 Å². The van der Waals surface area contributed by atoms with Crippen LogP contribution in [0.2, 0.25) is 0 Å². The molecule has 256 valence electrons. The number of carbonyl (C=O) groups is 3. The maximum absolute atomic E-state index is 14.1. The van der Waals surface area contributed by atoms with Crippen LogP contribution in [0.3, 0.4) is 0 Å². The third-order valence-electron chi connectivity index (χ3n) is 11.3. The number of benzene rings is 2. The number of aromatic nitrogens is 2. The van der Waals surface area contributed by atoms with Crippen LogP contribution in [0.1, 0.15) is 55.2 Å². The van der Waals surface area contributed by atoms with Crippen molar-refractivity contribution in [3.8, 4) is 0 Å². The summed E-state index contributed by atoms with van der Waals surface area (Å²) in [7, 11) is 2.19. The number of amides is 4. The van der Waals surface area contributed by atoms with Gasteiger partial charge >= 0.3 is 12.1 Å². The Morgan fingerprint density at radius 3 is 2.35 bits per heavy atom. The molecule has 0 aliphatic carbocycles. The minimum atomic E-state index is -0.916. The Kier molecular flexibility index (Phi) is 9.57. The average Bonchev–Trinajstić information content (AvgIpc) is 3.52. The van der Waals surface area contributed by atoms with E-state index in [2.05, 4.69) is 39.4 Å². The minimum Gasteiger partial charge on any atom is -0.436 e. The number of anilines is 1. The highest BCUT2D eigenvalue weighted by Crippen LogP contribution is 2.33. The summed E-state index contributed by atoms with van der Waals surface area (Å²) in [5.41, 5.74) is 5.78. The highest BCUT2D eigenvalue weighted by molar-refractivity contribution is 5.91. The highest BCUT2D eigenvalue weighted by Gasteiger charge is 2.37. The number of fused-ring (bicyclic) bond motifs is 2. The molecular weight excluding hydrogens is 606 g/mol. The Morgan fingerprint density at radius 2 is 1.60 bits per heavy atom. The molecular formula is C37H49N7O4. The summed E-state index contributed by atoms with van der Waals surface area (Å²) in [6, 6.07) is 11.9. The molecule has 2 N–H and O–H groups in total. The van der Waals surface area contributed by atoms with Gasteiger partial charge in [0.05, 0.1) is 17.4 Å². The number of piperidine rings is 3. The predicted molar refractivity (Wildman–Crippen MR) is 185 cm³/mol. The van der Waals surface area contributed by atoms with E-state index in [1.165, 1.54) is 12.8 Å². The van der Waals surface area contributed by atoms with Crippen LogP contribution < -0.4 is 5.32 Å². The van der Waals surface area contributed by atoms with Crippen molar-refractivity contribution in [3.63, 3.8) is 0 Å². The van der Waals surface area contributed by atoms with Crippen LogP contribution >= 0.6 is 0 Å². The Balaban J connectivity index is 0.996. The van der Waals surface area contributed by atoms with Crippen LogP contribution in [0, 0.1) is 18.8 Å². The molecule has 48 heavy (non-hydrogen) atoms. The van der Waals surface area contributed by atoms with Gasteiger partial charge in [-0.1, -0.05) is 24.3 Å². The molecule has 1 aromatic heterocycles. The smallest absolute Gasteiger partial charge is 0.410 e. The first-order valence-corrected chi connectivity index (χ1v) is 17.8. The quantitative estimate of drug-likeness (QED) is 0.384. The monoisotopic (exact) mass is 655 g/mol. The number of para-hydroxylation sites is 1. The number of imidazole rings is 1. The number of aromatic amines is 1. The standard InChI is InChI=1S/C37H49N7O4/c1-25-21-26(22-32-34(25)39-24-38-32)23-33(35(45)42-16-9-28(10-17-42)27-7-14-41(2)15-8-27)48-37(47)43-18-12-30(13-19-43)44-20-11-29-5-3-4-6-31(29)40-36(44)46/h3-6,21-22,24,27-28,30,33H,7-20,23H2,1-2H3,(H,38,39)(H,40,46)/t33-/m1/s1. The van der Waals surface area contributed by atoms with Crippen LogP contribution in [0.5, 0.6) is 0 Å². The molecule has 0 spiro atoms. The largest absolute Gasteiger partial charge is 0.436 e. The van der Waals surface area contributed by atoms with Gasteiger partial charge < -0.3 is 34.6 Å². The van der Waals surface area contributed by atoms with Crippen LogP contribution in [0.25, 0.3) is 11.0 Å². The molecule has 3 aromatic rings. The van der Waals surface area contributed by atoms with Crippen molar-refractivity contribution in [2.45, 2.75) is 70.4 Å². The molecule has 3 fully saturated rings. The van der Waals surface area contributed by atoms with E-state index in [4.69, 9.17) is 4.74 Å². The van der Waals surface area contributed by atoms with Crippen LogP contribution in [0.15, 0.2) is 42.7 Å². The molecule has 4 aliphatic rings. The van der Waals surface area contributed by atoms with Gasteiger partial charge in [-0.25, -0.2) is 14.6 Å². The molecule has 0 saturated carbocycles. The number of carbonyl (C=O) groups excluding carboxylic acids is 3. The number of urea groups is 1. The number of nitrogens with zero attached hydrogens (tertiary/aromatic N) is 5. The summed E-state index contributed by atoms with van der Waals surface area (Å²) in [6.07, 6.45) is 7.19. The van der Waals surface area contributed by atoms with Crippen molar-refractivity contribution < 1.29 is 19.1 Å². The van der Waals surface area contributed by atoms with Crippen molar-refractivity contribution in [3.05, 3.63) is 59.4 Å². The number of likely N-dealkylation sites (tertiary alicyclic amines) is 3. The lowest BCUT2D eigenvalue weighted by Gasteiger charge is -2.40. The first-order valence-electron chi connectivity index (χ1n) is 17.8. The molecule has 0 bridgehead atoms. The third kappa shape index (κ3) is 7.02. The fourth-order valence-electron chi connectivity index (χ4n) is 8.40. The Hall–Kier alpha value is -4.12. The van der Waals surface area contributed by atoms with Gasteiger partial charge in [0.2, 0.25) is 0 Å². The van der Waals surface area contributed by atoms with Crippen molar-refractivity contribution >= 4 is 34.8 Å². The van der Waals surface area contributed by atoms with E-state index in [1.54, 1.807) is 11.2 Å². The summed E-state index contributed by atoms with van der Waals surface area (Å²) < 4.78 is 6.13. The van der Waals surface area contributed by atoms with E-state index >= 15 is 0 Å². The Morgan fingerprint density at radius 1 is 0.917 bits per heavy atom. The molecule has 3 saturated heterocycles. The lowest BCUT2D eigenvalue weighted by atomic mass is 9.79. The van der Waals surface area contributed by atoms with Gasteiger partial charge in [-0.05, 0) is 113 Å². The minimum absolute atomic E-state index is 0.0372. The number of H-pyrrole nitrogens is 1. The fourth-order valence-corrected chi connectivity index (χ4v) is 8.40. The molecule has 11 heteroatoms. The first-order chi connectivity index (χ1) is 23.3. The predicted octanol–water partition coefficient (Wildman–Crippen LogP) is 5.05. The molecule has 4 aliphatic heterocycles. The molecule has 11 nitrogen and oxygen atoms in total. The lowest BCUT2D eigenvalue weighted by Crippen LogP contribution is -2.52. The Bertz CT molecular complexity index is 1620. The molecule has 0 radical (unpaired) electrons. The molecule has 5 heterocycles. The number of aryl methyl sites for hydroxylation is 1. The number of hydrogen-bond acceptors (Lipinski definition) is 6. The molecule has 2 aromatic carbocycles. The van der Waals surface area contributed by atoms with Crippen LogP contribution in [-0.4, -0.2) is 113 Å². The van der Waals surface area contributed by atoms with E-state index in [0.717, 1.165) is 71.7 Å². The lowest BCUT2D eigenvalue weighted by molar-refractivity contribution is -0.142. The van der Waals surface area contributed by atoms with E-state index in [-0.39, 0.29) is 18.0 Å². The summed E-state index contributed by atoms with van der Waals surface area (Å²) in [6.45, 7) is 7.32. The van der Waals surface area contributed by atoms with E-state index < -0.39 is 12.2 Å². The molecule has 7 rings (SSSR count). The maximum atomic E-state index is 14.1. The van der Waals surface area contributed by atoms with E-state index in [0.29, 0.717) is 57.9 Å². The summed E-state index contributed by atoms with van der Waals surface area (Å²) in [5, 5.41) is 3.06.